The van der Waals surface area contributed by atoms with Crippen LogP contribution in [-0.2, 0) is 8.85 Å². The standard InChI is InChI=1S/C11H31O2PSi3/c1-10-11(15(12-2)13-3)14(16(4,5)6)17(7,8)9/h11,15H,10H2,1-9H3. The molecule has 0 amide bonds. The fourth-order valence-corrected chi connectivity index (χ4v) is 51.6. The Morgan fingerprint density at radius 3 is 1.47 bits per heavy atom. The van der Waals surface area contributed by atoms with Crippen LogP contribution in [0.15, 0.2) is 0 Å². The molecule has 2 nitrogen and oxygen atoms in total. The van der Waals surface area contributed by atoms with Gasteiger partial charge in [-0.05, 0) is 6.42 Å². The molecule has 0 N–H and O–H groups in total. The fourth-order valence-electron chi connectivity index (χ4n) is 2.91. The highest BCUT2D eigenvalue weighted by Gasteiger charge is 2.45. The Balaban J connectivity index is 5.27. The fraction of sp³-hybridized carbons (Fsp3) is 1.00. The third-order valence-electron chi connectivity index (χ3n) is 2.97. The zero-order valence-electron chi connectivity index (χ0n) is 13.1. The average Bonchev–Trinajstić information content (AvgIpc) is 2.13. The maximum Gasteiger partial charge on any atom is 0.327 e. The van der Waals surface area contributed by atoms with Gasteiger partial charge < -0.3 is 8.85 Å². The molecule has 0 aromatic rings. The van der Waals surface area contributed by atoms with Crippen molar-refractivity contribution >= 4 is 31.8 Å². The lowest BCUT2D eigenvalue weighted by atomic mass is 10.6. The molecule has 104 valence electrons. The van der Waals surface area contributed by atoms with Crippen LogP contribution < -0.4 is 0 Å². The first-order valence-electron chi connectivity index (χ1n) is 6.44. The summed E-state index contributed by atoms with van der Waals surface area (Å²) in [7, 11) is 0.142. The molecule has 0 aromatic heterocycles. The minimum absolute atomic E-state index is 0.132. The van der Waals surface area contributed by atoms with Gasteiger partial charge in [-0.1, -0.05) is 46.2 Å². The molecule has 0 heterocycles. The molecule has 0 radical (unpaired) electrons. The quantitative estimate of drug-likeness (QED) is 0.523. The molecule has 0 bridgehead atoms. The van der Waals surface area contributed by atoms with Gasteiger partial charge in [0, 0.05) is 19.5 Å². The molecule has 1 atom stereocenters. The van der Waals surface area contributed by atoms with Gasteiger partial charge in [-0.3, -0.25) is 0 Å². The molecule has 0 saturated heterocycles. The second kappa shape index (κ2) is 6.96. The summed E-state index contributed by atoms with van der Waals surface area (Å²) in [5, 5.41) is 0.748. The molecular weight excluding hydrogens is 279 g/mol. The molecular formula is C11H31O2PSi3. The molecule has 6 heteroatoms. The molecule has 0 spiro atoms. The van der Waals surface area contributed by atoms with Crippen molar-refractivity contribution in [2.45, 2.75) is 57.9 Å². The Morgan fingerprint density at radius 2 is 1.29 bits per heavy atom. The minimum atomic E-state index is -1.47. The first-order chi connectivity index (χ1) is 7.59. The van der Waals surface area contributed by atoms with Crippen LogP contribution in [-0.4, -0.2) is 44.3 Å². The molecule has 0 aliphatic carbocycles. The van der Waals surface area contributed by atoms with E-state index < -0.39 is 24.8 Å². The van der Waals surface area contributed by atoms with E-state index in [9.17, 15) is 0 Å². The summed E-state index contributed by atoms with van der Waals surface area (Å²) < 4.78 is 11.4. The predicted molar refractivity (Wildman–Crippen MR) is 88.9 cm³/mol. The number of hydrogen-bond donors (Lipinski definition) is 0. The Labute approximate surface area is 113 Å². The van der Waals surface area contributed by atoms with E-state index in [4.69, 9.17) is 8.85 Å². The van der Waals surface area contributed by atoms with Crippen molar-refractivity contribution < 1.29 is 8.85 Å². The van der Waals surface area contributed by atoms with E-state index in [0.717, 1.165) is 5.28 Å². The predicted octanol–water partition coefficient (Wildman–Crippen LogP) is 3.97. The third-order valence-corrected chi connectivity index (χ3v) is 35.1. The largest absolute Gasteiger partial charge is 0.400 e. The van der Waals surface area contributed by atoms with E-state index in [1.54, 1.807) is 0 Å². The first kappa shape index (κ1) is 18.0. The van der Waals surface area contributed by atoms with Crippen LogP contribution in [0.3, 0.4) is 0 Å². The summed E-state index contributed by atoms with van der Waals surface area (Å²) in [4.78, 5) is 0. The summed E-state index contributed by atoms with van der Waals surface area (Å²) >= 11 is 0. The normalized spacial score (nSPS) is 15.7. The Hall–Kier alpha value is 1.00. The molecule has 0 aliphatic rings. The molecule has 0 aromatic carbocycles. The summed E-state index contributed by atoms with van der Waals surface area (Å²) in [5.41, 5.74) is 0. The van der Waals surface area contributed by atoms with Gasteiger partial charge in [0.1, 0.15) is 0 Å². The summed E-state index contributed by atoms with van der Waals surface area (Å²) in [6.07, 6.45) is 1.23. The van der Waals surface area contributed by atoms with Crippen molar-refractivity contribution in [3.8, 4) is 0 Å². The lowest BCUT2D eigenvalue weighted by molar-refractivity contribution is 0.274. The zero-order chi connectivity index (χ0) is 13.9. The van der Waals surface area contributed by atoms with Crippen LogP contribution in [0, 0.1) is 0 Å². The second-order valence-electron chi connectivity index (χ2n) is 6.53. The van der Waals surface area contributed by atoms with E-state index in [0.29, 0.717) is 0 Å². The Morgan fingerprint density at radius 1 is 0.941 bits per heavy atom. The highest BCUT2D eigenvalue weighted by atomic mass is 31.6. The first-order valence-corrected chi connectivity index (χ1v) is 18.1. The van der Waals surface area contributed by atoms with E-state index in [-0.39, 0.29) is 7.02 Å². The van der Waals surface area contributed by atoms with Crippen molar-refractivity contribution in [2.75, 3.05) is 14.2 Å². The van der Waals surface area contributed by atoms with Crippen LogP contribution >= 0.6 is 7.02 Å². The summed E-state index contributed by atoms with van der Waals surface area (Å²) in [6, 6.07) is 0. The van der Waals surface area contributed by atoms with Gasteiger partial charge in [0.15, 0.2) is 0 Å². The SMILES string of the molecule is CCC([SiH](OC)OC)P([Si](C)(C)C)[Si](C)(C)C. The summed E-state index contributed by atoms with van der Waals surface area (Å²) in [6.45, 7) is 17.5. The van der Waals surface area contributed by atoms with E-state index in [1.807, 2.05) is 14.2 Å². The van der Waals surface area contributed by atoms with Gasteiger partial charge in [0.05, 0.1) is 15.5 Å². The van der Waals surface area contributed by atoms with Gasteiger partial charge in [0.25, 0.3) is 0 Å². The van der Waals surface area contributed by atoms with Crippen LogP contribution in [0.5, 0.6) is 0 Å². The number of hydrogen-bond acceptors (Lipinski definition) is 2. The third kappa shape index (κ3) is 5.25. The topological polar surface area (TPSA) is 18.5 Å². The Bertz CT molecular complexity index is 208. The van der Waals surface area contributed by atoms with Crippen LogP contribution in [0.4, 0.5) is 0 Å². The monoisotopic (exact) mass is 310 g/mol. The van der Waals surface area contributed by atoms with Crippen molar-refractivity contribution in [1.82, 2.24) is 0 Å². The zero-order valence-corrected chi connectivity index (χ0v) is 17.2. The maximum absolute atomic E-state index is 5.70. The van der Waals surface area contributed by atoms with Gasteiger partial charge in [-0.2, -0.15) is 0 Å². The Kier molecular flexibility index (Phi) is 7.37. The lowest BCUT2D eigenvalue weighted by Gasteiger charge is -2.45. The molecule has 0 saturated carbocycles. The summed E-state index contributed by atoms with van der Waals surface area (Å²) in [5.74, 6) is 0. The maximum atomic E-state index is 5.70. The number of rotatable bonds is 7. The van der Waals surface area contributed by atoms with Crippen LogP contribution in [0.25, 0.3) is 0 Å². The molecule has 17 heavy (non-hydrogen) atoms. The highest BCUT2D eigenvalue weighted by Crippen LogP contribution is 2.59. The molecule has 0 rings (SSSR count). The van der Waals surface area contributed by atoms with Crippen molar-refractivity contribution in [3.05, 3.63) is 0 Å². The molecule has 0 fully saturated rings. The van der Waals surface area contributed by atoms with Gasteiger partial charge in [-0.25, -0.2) is 0 Å². The van der Waals surface area contributed by atoms with Crippen molar-refractivity contribution in [2.24, 2.45) is 0 Å². The molecule has 1 unspecified atom stereocenters. The lowest BCUT2D eigenvalue weighted by Crippen LogP contribution is -2.45. The smallest absolute Gasteiger partial charge is 0.327 e. The van der Waals surface area contributed by atoms with Gasteiger partial charge in [0.2, 0.25) is 0 Å². The van der Waals surface area contributed by atoms with E-state index in [2.05, 4.69) is 46.2 Å². The van der Waals surface area contributed by atoms with E-state index >= 15 is 0 Å². The van der Waals surface area contributed by atoms with E-state index in [1.165, 1.54) is 6.42 Å². The second-order valence-corrected chi connectivity index (χ2v) is 31.9. The highest BCUT2D eigenvalue weighted by molar-refractivity contribution is 8.19. The van der Waals surface area contributed by atoms with Gasteiger partial charge >= 0.3 is 9.28 Å². The van der Waals surface area contributed by atoms with Crippen molar-refractivity contribution in [1.29, 1.82) is 0 Å². The van der Waals surface area contributed by atoms with Gasteiger partial charge in [-0.15, -0.1) is 7.02 Å². The molecule has 0 aliphatic heterocycles. The van der Waals surface area contributed by atoms with Crippen molar-refractivity contribution in [3.63, 3.8) is 0 Å². The van der Waals surface area contributed by atoms with Crippen LogP contribution in [0.1, 0.15) is 13.3 Å². The minimum Gasteiger partial charge on any atom is -0.400 e. The van der Waals surface area contributed by atoms with Crippen LogP contribution in [0.2, 0.25) is 39.3 Å². The average molecular weight is 311 g/mol.